The maximum absolute atomic E-state index is 13.4. The van der Waals surface area contributed by atoms with Crippen molar-refractivity contribution in [2.24, 2.45) is 11.7 Å². The fourth-order valence-corrected chi connectivity index (χ4v) is 2.82. The summed E-state index contributed by atoms with van der Waals surface area (Å²) in [4.78, 5) is 7.48. The van der Waals surface area contributed by atoms with Crippen LogP contribution in [-0.4, -0.2) is 22.1 Å². The van der Waals surface area contributed by atoms with Gasteiger partial charge in [0.15, 0.2) is 0 Å². The lowest BCUT2D eigenvalue weighted by molar-refractivity contribution is 0.136. The number of alkyl halides is 4. The number of nitrogens with two attached hydrogens (primary N) is 1. The van der Waals surface area contributed by atoms with Crippen molar-refractivity contribution >= 4 is 0 Å². The highest BCUT2D eigenvalue weighted by Gasteiger charge is 2.21. The topological polar surface area (TPSA) is 61.0 Å². The smallest absolute Gasteiger partial charge is 0.284 e. The van der Waals surface area contributed by atoms with Crippen LogP contribution in [0.25, 0.3) is 11.3 Å². The molecule has 2 rings (SSSR count). The van der Waals surface area contributed by atoms with Gasteiger partial charge in [-0.2, -0.15) is 0 Å². The van der Waals surface area contributed by atoms with Gasteiger partial charge in [-0.3, -0.25) is 4.98 Å². The SMILES string of the molecule is CC(COc1ccc(-c2ccnc(C(F)F)c2)nc1C(F)F)CC(C)(C)N. The molecule has 0 saturated carbocycles. The van der Waals surface area contributed by atoms with Gasteiger partial charge in [-0.1, -0.05) is 6.92 Å². The molecule has 4 nitrogen and oxygen atoms in total. The van der Waals surface area contributed by atoms with Gasteiger partial charge in [0.1, 0.15) is 17.1 Å². The van der Waals surface area contributed by atoms with Crippen molar-refractivity contribution in [1.29, 1.82) is 0 Å². The minimum Gasteiger partial charge on any atom is -0.491 e. The van der Waals surface area contributed by atoms with E-state index < -0.39 is 24.2 Å². The number of nitrogens with zero attached hydrogens (tertiary/aromatic N) is 2. The van der Waals surface area contributed by atoms with Gasteiger partial charge < -0.3 is 10.5 Å². The Morgan fingerprint density at radius 3 is 2.41 bits per heavy atom. The van der Waals surface area contributed by atoms with Crippen LogP contribution in [0.4, 0.5) is 17.6 Å². The number of pyridine rings is 2. The molecule has 27 heavy (non-hydrogen) atoms. The minimum absolute atomic E-state index is 0.0291. The summed E-state index contributed by atoms with van der Waals surface area (Å²) in [7, 11) is 0. The van der Waals surface area contributed by atoms with Crippen LogP contribution in [0, 0.1) is 5.92 Å². The second-order valence-electron chi connectivity index (χ2n) is 7.26. The van der Waals surface area contributed by atoms with Gasteiger partial charge in [-0.05, 0) is 50.5 Å². The number of rotatable bonds is 8. The van der Waals surface area contributed by atoms with E-state index in [1.807, 2.05) is 20.8 Å². The van der Waals surface area contributed by atoms with Crippen molar-refractivity contribution in [3.8, 4) is 17.0 Å². The van der Waals surface area contributed by atoms with Crippen LogP contribution in [0.2, 0.25) is 0 Å². The molecule has 2 heterocycles. The molecule has 2 aromatic heterocycles. The lowest BCUT2D eigenvalue weighted by Crippen LogP contribution is -2.35. The molecule has 0 amide bonds. The average molecular weight is 385 g/mol. The predicted octanol–water partition coefficient (Wildman–Crippen LogP) is 5.16. The van der Waals surface area contributed by atoms with Crippen LogP contribution in [-0.2, 0) is 0 Å². The van der Waals surface area contributed by atoms with E-state index >= 15 is 0 Å². The van der Waals surface area contributed by atoms with Crippen LogP contribution >= 0.6 is 0 Å². The normalized spacial score (nSPS) is 13.3. The fourth-order valence-electron chi connectivity index (χ4n) is 2.82. The third kappa shape index (κ3) is 6.16. The van der Waals surface area contributed by atoms with Gasteiger partial charge in [0.25, 0.3) is 12.9 Å². The van der Waals surface area contributed by atoms with Crippen molar-refractivity contribution in [1.82, 2.24) is 9.97 Å². The Kier molecular flexibility index (Phi) is 6.75. The van der Waals surface area contributed by atoms with Gasteiger partial charge in [0.2, 0.25) is 0 Å². The molecule has 0 fully saturated rings. The zero-order valence-corrected chi connectivity index (χ0v) is 15.4. The molecule has 0 bridgehead atoms. The summed E-state index contributed by atoms with van der Waals surface area (Å²) in [5.41, 5.74) is 5.04. The first-order chi connectivity index (χ1) is 12.6. The molecule has 8 heteroatoms. The zero-order valence-electron chi connectivity index (χ0n) is 15.4. The van der Waals surface area contributed by atoms with Crippen molar-refractivity contribution in [3.63, 3.8) is 0 Å². The van der Waals surface area contributed by atoms with Crippen LogP contribution < -0.4 is 10.5 Å². The molecule has 2 aromatic rings. The molecule has 0 radical (unpaired) electrons. The molecular formula is C19H23F4N3O. The summed E-state index contributed by atoms with van der Waals surface area (Å²) in [5, 5.41) is 0. The van der Waals surface area contributed by atoms with E-state index in [9.17, 15) is 17.6 Å². The first kappa shape index (κ1) is 21.1. The second kappa shape index (κ2) is 8.65. The summed E-state index contributed by atoms with van der Waals surface area (Å²) < 4.78 is 58.0. The Hall–Kier alpha value is -2.22. The summed E-state index contributed by atoms with van der Waals surface area (Å²) in [5.74, 6) is 0.0302. The molecule has 148 valence electrons. The summed E-state index contributed by atoms with van der Waals surface area (Å²) in [6.07, 6.45) is -3.76. The Balaban J connectivity index is 2.23. The molecule has 0 spiro atoms. The zero-order chi connectivity index (χ0) is 20.2. The standard InChI is InChI=1S/C19H23F4N3O/c1-11(9-19(2,3)24)10-27-15-5-4-13(26-16(15)18(22)23)12-6-7-25-14(8-12)17(20)21/h4-8,11,17-18H,9-10,24H2,1-3H3. The maximum atomic E-state index is 13.4. The molecule has 1 atom stereocenters. The quantitative estimate of drug-likeness (QED) is 0.638. The van der Waals surface area contributed by atoms with Gasteiger partial charge >= 0.3 is 0 Å². The van der Waals surface area contributed by atoms with E-state index in [2.05, 4.69) is 9.97 Å². The van der Waals surface area contributed by atoms with Crippen molar-refractivity contribution < 1.29 is 22.3 Å². The Morgan fingerprint density at radius 2 is 1.81 bits per heavy atom. The molecule has 0 saturated heterocycles. The van der Waals surface area contributed by atoms with Crippen molar-refractivity contribution in [3.05, 3.63) is 41.9 Å². The number of hydrogen-bond donors (Lipinski definition) is 1. The monoisotopic (exact) mass is 385 g/mol. The fraction of sp³-hybridized carbons (Fsp3) is 0.474. The predicted molar refractivity (Wildman–Crippen MR) is 94.9 cm³/mol. The van der Waals surface area contributed by atoms with Crippen molar-refractivity contribution in [2.75, 3.05) is 6.61 Å². The van der Waals surface area contributed by atoms with Crippen LogP contribution in [0.1, 0.15) is 51.4 Å². The highest BCUT2D eigenvalue weighted by Crippen LogP contribution is 2.31. The molecule has 2 N–H and O–H groups in total. The van der Waals surface area contributed by atoms with Crippen molar-refractivity contribution in [2.45, 2.75) is 45.6 Å². The Morgan fingerprint density at radius 1 is 1.11 bits per heavy atom. The molecule has 1 unspecified atom stereocenters. The van der Waals surface area contributed by atoms with Crippen LogP contribution in [0.5, 0.6) is 5.75 Å². The van der Waals surface area contributed by atoms with Crippen LogP contribution in [0.3, 0.4) is 0 Å². The highest BCUT2D eigenvalue weighted by atomic mass is 19.3. The van der Waals surface area contributed by atoms with Gasteiger partial charge in [0, 0.05) is 17.3 Å². The number of halogens is 4. The third-order valence-electron chi connectivity index (χ3n) is 3.79. The van der Waals surface area contributed by atoms with E-state index in [4.69, 9.17) is 10.5 Å². The molecule has 0 aliphatic rings. The molecule has 0 aliphatic carbocycles. The Labute approximate surface area is 155 Å². The Bertz CT molecular complexity index is 763. The first-order valence-electron chi connectivity index (χ1n) is 8.52. The van der Waals surface area contributed by atoms with E-state index in [0.717, 1.165) is 6.07 Å². The largest absolute Gasteiger partial charge is 0.491 e. The van der Waals surface area contributed by atoms with E-state index in [1.54, 1.807) is 0 Å². The first-order valence-corrected chi connectivity index (χ1v) is 8.52. The summed E-state index contributed by atoms with van der Waals surface area (Å²) >= 11 is 0. The number of aromatic nitrogens is 2. The number of ether oxygens (including phenoxy) is 1. The lowest BCUT2D eigenvalue weighted by Gasteiger charge is -2.23. The van der Waals surface area contributed by atoms with E-state index in [-0.39, 0.29) is 35.1 Å². The molecule has 0 aromatic carbocycles. The minimum atomic E-state index is -2.86. The molecular weight excluding hydrogens is 362 g/mol. The summed E-state index contributed by atoms with van der Waals surface area (Å²) in [6.45, 7) is 5.90. The lowest BCUT2D eigenvalue weighted by atomic mass is 9.93. The average Bonchev–Trinajstić information content (AvgIpc) is 2.58. The van der Waals surface area contributed by atoms with Crippen LogP contribution in [0.15, 0.2) is 30.5 Å². The van der Waals surface area contributed by atoms with E-state index in [0.29, 0.717) is 6.42 Å². The van der Waals surface area contributed by atoms with Gasteiger partial charge in [-0.15, -0.1) is 0 Å². The number of hydrogen-bond acceptors (Lipinski definition) is 4. The summed E-state index contributed by atoms with van der Waals surface area (Å²) in [6, 6.07) is 5.42. The maximum Gasteiger partial charge on any atom is 0.284 e. The van der Waals surface area contributed by atoms with Gasteiger partial charge in [-0.25, -0.2) is 22.5 Å². The van der Waals surface area contributed by atoms with E-state index in [1.165, 1.54) is 24.4 Å². The highest BCUT2D eigenvalue weighted by molar-refractivity contribution is 5.60. The molecule has 0 aliphatic heterocycles. The third-order valence-corrected chi connectivity index (χ3v) is 3.79. The van der Waals surface area contributed by atoms with Gasteiger partial charge in [0.05, 0.1) is 12.3 Å². The second-order valence-corrected chi connectivity index (χ2v) is 7.26.